The summed E-state index contributed by atoms with van der Waals surface area (Å²) in [5, 5.41) is 6.78. The van der Waals surface area contributed by atoms with Crippen molar-refractivity contribution >= 4 is 51.6 Å². The maximum Gasteiger partial charge on any atom is 0.412 e. The third kappa shape index (κ3) is 4.24. The first kappa shape index (κ1) is 24.3. The van der Waals surface area contributed by atoms with Crippen LogP contribution in [0.25, 0.3) is 22.0 Å². The number of fused-ring (bicyclic) bond motifs is 2. The highest BCUT2D eigenvalue weighted by molar-refractivity contribution is 6.32. The highest BCUT2D eigenvalue weighted by Gasteiger charge is 2.45. The summed E-state index contributed by atoms with van der Waals surface area (Å²) in [6.07, 6.45) is 0.148. The van der Waals surface area contributed by atoms with Crippen molar-refractivity contribution in [3.05, 3.63) is 76.2 Å². The third-order valence-corrected chi connectivity index (χ3v) is 6.82. The van der Waals surface area contributed by atoms with Crippen LogP contribution in [-0.4, -0.2) is 27.7 Å². The van der Waals surface area contributed by atoms with Gasteiger partial charge in [0.25, 0.3) is 0 Å². The van der Waals surface area contributed by atoms with Crippen molar-refractivity contribution in [3.63, 3.8) is 0 Å². The summed E-state index contributed by atoms with van der Waals surface area (Å²) in [4.78, 5) is 19.7. The number of para-hydroxylation sites is 1. The van der Waals surface area contributed by atoms with Gasteiger partial charge in [-0.3, -0.25) is 5.32 Å². The van der Waals surface area contributed by atoms with Crippen LogP contribution in [0.3, 0.4) is 0 Å². The van der Waals surface area contributed by atoms with Crippen molar-refractivity contribution in [2.24, 2.45) is 0 Å². The number of nitrogens with one attached hydrogen (secondary N) is 3. The molecule has 186 valence electrons. The molecule has 2 aromatic heterocycles. The summed E-state index contributed by atoms with van der Waals surface area (Å²) < 4.78 is 37.2. The van der Waals surface area contributed by atoms with Gasteiger partial charge < -0.3 is 15.0 Å². The molecule has 0 saturated carbocycles. The lowest BCUT2D eigenvalue weighted by atomic mass is 9.77. The average molecular weight is 531 g/mol. The number of halogens is 4. The number of carbonyl (C=O) groups excluding carboxylic acids is 1. The minimum absolute atomic E-state index is 0.105. The van der Waals surface area contributed by atoms with E-state index in [0.717, 1.165) is 5.39 Å². The lowest BCUT2D eigenvalue weighted by Gasteiger charge is -2.44. The standard InChI is InChI=1S/C26H22Cl2F2N4O2/c1-12-20-17(11-16(29)21(22(20)30)15-6-4-5-13-7-8-31-23(13)15)34-26(2,3)24(12)36-25(35)32-14-9-18(27)33-19(28)10-14/h4-12,24,31,34H,1-3H3,(H,32,33,35). The van der Waals surface area contributed by atoms with E-state index in [-0.39, 0.29) is 21.4 Å². The summed E-state index contributed by atoms with van der Waals surface area (Å²) in [6, 6.07) is 11.3. The predicted octanol–water partition coefficient (Wildman–Crippen LogP) is 7.74. The fraction of sp³-hybridized carbons (Fsp3) is 0.231. The molecule has 0 radical (unpaired) electrons. The summed E-state index contributed by atoms with van der Waals surface area (Å²) >= 11 is 11.8. The van der Waals surface area contributed by atoms with E-state index in [2.05, 4.69) is 20.6 Å². The van der Waals surface area contributed by atoms with E-state index in [1.54, 1.807) is 39.1 Å². The number of benzene rings is 2. The molecule has 4 aromatic rings. The molecule has 0 saturated heterocycles. The highest BCUT2D eigenvalue weighted by Crippen LogP contribution is 2.46. The Morgan fingerprint density at radius 1 is 1.14 bits per heavy atom. The van der Waals surface area contributed by atoms with E-state index in [4.69, 9.17) is 27.9 Å². The van der Waals surface area contributed by atoms with Crippen LogP contribution < -0.4 is 10.6 Å². The van der Waals surface area contributed by atoms with Gasteiger partial charge in [-0.15, -0.1) is 0 Å². The summed E-state index contributed by atoms with van der Waals surface area (Å²) in [7, 11) is 0. The van der Waals surface area contributed by atoms with Crippen molar-refractivity contribution < 1.29 is 18.3 Å². The molecule has 1 aliphatic rings. The second kappa shape index (κ2) is 8.94. The van der Waals surface area contributed by atoms with Crippen LogP contribution in [0.2, 0.25) is 10.3 Å². The van der Waals surface area contributed by atoms with Crippen molar-refractivity contribution in [1.82, 2.24) is 9.97 Å². The molecule has 2 unspecified atom stereocenters. The number of rotatable bonds is 3. The zero-order valence-corrected chi connectivity index (χ0v) is 21.1. The number of pyridine rings is 1. The molecule has 0 bridgehead atoms. The van der Waals surface area contributed by atoms with Crippen LogP contribution in [0.15, 0.2) is 48.7 Å². The van der Waals surface area contributed by atoms with Crippen LogP contribution in [0, 0.1) is 11.6 Å². The van der Waals surface area contributed by atoms with Gasteiger partial charge in [-0.25, -0.2) is 18.6 Å². The maximum absolute atomic E-state index is 16.1. The molecule has 0 spiro atoms. The Bertz CT molecular complexity index is 1480. The topological polar surface area (TPSA) is 79.0 Å². The average Bonchev–Trinajstić information content (AvgIpc) is 3.25. The van der Waals surface area contributed by atoms with Gasteiger partial charge in [0.1, 0.15) is 28.0 Å². The number of aromatic nitrogens is 2. The molecule has 10 heteroatoms. The van der Waals surface area contributed by atoms with Crippen LogP contribution in [0.4, 0.5) is 25.0 Å². The molecular formula is C26H22Cl2F2N4O2. The first-order valence-corrected chi connectivity index (χ1v) is 12.0. The quantitative estimate of drug-likeness (QED) is 0.236. The fourth-order valence-corrected chi connectivity index (χ4v) is 5.43. The largest absolute Gasteiger partial charge is 0.443 e. The second-order valence-corrected chi connectivity index (χ2v) is 10.1. The summed E-state index contributed by atoms with van der Waals surface area (Å²) in [5.41, 5.74) is 0.924. The Balaban J connectivity index is 1.51. The fourth-order valence-electron chi connectivity index (χ4n) is 4.97. The number of hydrogen-bond donors (Lipinski definition) is 3. The first-order valence-electron chi connectivity index (χ1n) is 11.2. The molecule has 1 aliphatic heterocycles. The Morgan fingerprint density at radius 2 is 1.86 bits per heavy atom. The number of anilines is 2. The number of ether oxygens (including phenoxy) is 1. The molecule has 2 aromatic carbocycles. The van der Waals surface area contributed by atoms with Gasteiger partial charge in [-0.05, 0) is 43.5 Å². The van der Waals surface area contributed by atoms with Gasteiger partial charge >= 0.3 is 6.09 Å². The zero-order valence-electron chi connectivity index (χ0n) is 19.5. The van der Waals surface area contributed by atoms with Crippen molar-refractivity contribution in [1.29, 1.82) is 0 Å². The molecular weight excluding hydrogens is 509 g/mol. The summed E-state index contributed by atoms with van der Waals surface area (Å²) in [5.74, 6) is -1.99. The molecule has 3 heterocycles. The number of hydrogen-bond acceptors (Lipinski definition) is 4. The molecule has 2 atom stereocenters. The van der Waals surface area contributed by atoms with Crippen LogP contribution in [-0.2, 0) is 4.74 Å². The van der Waals surface area contributed by atoms with E-state index in [1.165, 1.54) is 18.2 Å². The Labute approximate surface area is 216 Å². The minimum atomic E-state index is -0.836. The number of H-pyrrole nitrogens is 1. The molecule has 5 rings (SSSR count). The first-order chi connectivity index (χ1) is 17.0. The predicted molar refractivity (Wildman–Crippen MR) is 138 cm³/mol. The SMILES string of the molecule is CC1c2c(cc(F)c(-c3cccc4cc[nH]c34)c2F)NC(C)(C)C1OC(=O)Nc1cc(Cl)nc(Cl)c1. The summed E-state index contributed by atoms with van der Waals surface area (Å²) in [6.45, 7) is 5.35. The normalized spacial score (nSPS) is 18.4. The second-order valence-electron chi connectivity index (χ2n) is 9.34. The van der Waals surface area contributed by atoms with Gasteiger partial charge in [0.15, 0.2) is 0 Å². The number of aromatic amines is 1. The van der Waals surface area contributed by atoms with E-state index in [1.807, 2.05) is 12.1 Å². The van der Waals surface area contributed by atoms with Crippen molar-refractivity contribution in [3.8, 4) is 11.1 Å². The van der Waals surface area contributed by atoms with Crippen LogP contribution >= 0.6 is 23.2 Å². The van der Waals surface area contributed by atoms with Gasteiger partial charge in [-0.2, -0.15) is 0 Å². The van der Waals surface area contributed by atoms with E-state index in [9.17, 15) is 4.79 Å². The Hall–Kier alpha value is -3.36. The van der Waals surface area contributed by atoms with E-state index < -0.39 is 35.3 Å². The number of amides is 1. The Kier molecular flexibility index (Phi) is 6.04. The van der Waals surface area contributed by atoms with Crippen LogP contribution in [0.1, 0.15) is 32.3 Å². The van der Waals surface area contributed by atoms with Crippen molar-refractivity contribution in [2.45, 2.75) is 38.3 Å². The number of carbonyl (C=O) groups is 1. The van der Waals surface area contributed by atoms with E-state index >= 15 is 8.78 Å². The van der Waals surface area contributed by atoms with Gasteiger partial charge in [0.05, 0.1) is 22.3 Å². The third-order valence-electron chi connectivity index (χ3n) is 6.43. The minimum Gasteiger partial charge on any atom is -0.443 e. The Morgan fingerprint density at radius 3 is 2.58 bits per heavy atom. The van der Waals surface area contributed by atoms with Gasteiger partial charge in [-0.1, -0.05) is 48.3 Å². The zero-order chi connectivity index (χ0) is 25.8. The molecule has 36 heavy (non-hydrogen) atoms. The van der Waals surface area contributed by atoms with Gasteiger partial charge in [0, 0.05) is 28.9 Å². The smallest absolute Gasteiger partial charge is 0.412 e. The lowest BCUT2D eigenvalue weighted by molar-refractivity contribution is 0.0561. The van der Waals surface area contributed by atoms with Crippen molar-refractivity contribution in [2.75, 3.05) is 10.6 Å². The lowest BCUT2D eigenvalue weighted by Crippen LogP contribution is -2.52. The molecule has 0 fully saturated rings. The molecule has 6 nitrogen and oxygen atoms in total. The molecule has 1 amide bonds. The highest BCUT2D eigenvalue weighted by atomic mass is 35.5. The number of nitrogens with zero attached hydrogens (tertiary/aromatic N) is 1. The molecule has 3 N–H and O–H groups in total. The van der Waals surface area contributed by atoms with Crippen LogP contribution in [0.5, 0.6) is 0 Å². The molecule has 0 aliphatic carbocycles. The van der Waals surface area contributed by atoms with E-state index in [0.29, 0.717) is 22.5 Å². The monoisotopic (exact) mass is 530 g/mol. The van der Waals surface area contributed by atoms with Gasteiger partial charge in [0.2, 0.25) is 0 Å². The maximum atomic E-state index is 16.1.